The van der Waals surface area contributed by atoms with Crippen molar-refractivity contribution in [2.24, 2.45) is 0 Å². The van der Waals surface area contributed by atoms with Crippen molar-refractivity contribution in [2.45, 2.75) is 44.1 Å². The van der Waals surface area contributed by atoms with Crippen LogP contribution in [0.3, 0.4) is 0 Å². The molecular formula is C26H29F5N6. The van der Waals surface area contributed by atoms with Gasteiger partial charge < -0.3 is 5.32 Å². The topological polar surface area (TPSA) is 60.1 Å². The fraction of sp³-hybridized carbons (Fsp3) is 0.462. The Bertz CT molecular complexity index is 1210. The Hall–Kier alpha value is -3.05. The lowest BCUT2D eigenvalue weighted by Gasteiger charge is -2.42. The SMILES string of the molecule is C[C@@H]1Cc2cc(-c3cn[nH]c3)ccc2[C@@H](c2ncc(NC3CN(CCCF)C3)cc2F)N1CC(F)(F)F. The molecule has 2 aliphatic heterocycles. The summed E-state index contributed by atoms with van der Waals surface area (Å²) in [6.45, 7) is 2.32. The number of rotatable bonds is 8. The van der Waals surface area contributed by atoms with E-state index in [-0.39, 0.29) is 18.4 Å². The highest BCUT2D eigenvalue weighted by Gasteiger charge is 2.42. The van der Waals surface area contributed by atoms with Gasteiger partial charge in [-0.2, -0.15) is 18.3 Å². The van der Waals surface area contributed by atoms with Gasteiger partial charge >= 0.3 is 6.18 Å². The maximum Gasteiger partial charge on any atom is 0.401 e. The zero-order valence-electron chi connectivity index (χ0n) is 20.4. The number of nitrogens with one attached hydrogen (secondary N) is 2. The number of likely N-dealkylation sites (tertiary alicyclic amines) is 1. The average molecular weight is 521 g/mol. The van der Waals surface area contributed by atoms with Gasteiger partial charge in [-0.05, 0) is 36.5 Å². The second-order valence-corrected chi connectivity index (χ2v) is 9.88. The highest BCUT2D eigenvalue weighted by Crippen LogP contribution is 2.41. The molecule has 5 rings (SSSR count). The molecule has 2 atom stereocenters. The van der Waals surface area contributed by atoms with E-state index in [4.69, 9.17) is 0 Å². The molecule has 2 aromatic heterocycles. The summed E-state index contributed by atoms with van der Waals surface area (Å²) in [6.07, 6.45) is 1.34. The van der Waals surface area contributed by atoms with Crippen molar-refractivity contribution >= 4 is 5.69 Å². The van der Waals surface area contributed by atoms with Crippen LogP contribution in [0.2, 0.25) is 0 Å². The standard InChI is InChI=1S/C26H29F5N6/c1-16-7-18-8-17(19-10-33-34-11-19)3-4-22(18)25(37(16)15-26(29,30)31)24-23(28)9-20(12-32-24)35-21-13-36(14-21)6-2-5-27/h3-4,8-12,16,21,25,35H,2,5-7,13-15H2,1H3,(H,33,34)/t16-,25+/m1/s1. The molecule has 0 aliphatic carbocycles. The Labute approximate surface area is 211 Å². The highest BCUT2D eigenvalue weighted by molar-refractivity contribution is 5.64. The van der Waals surface area contributed by atoms with Crippen molar-refractivity contribution < 1.29 is 22.0 Å². The molecule has 2 aliphatic rings. The number of aromatic nitrogens is 3. The van der Waals surface area contributed by atoms with Crippen LogP contribution < -0.4 is 5.32 Å². The van der Waals surface area contributed by atoms with E-state index >= 15 is 4.39 Å². The lowest BCUT2D eigenvalue weighted by Crippen LogP contribution is -2.54. The number of nitrogens with zero attached hydrogens (tertiary/aromatic N) is 4. The Morgan fingerprint density at radius 2 is 1.95 bits per heavy atom. The van der Waals surface area contributed by atoms with Gasteiger partial charge in [-0.1, -0.05) is 18.2 Å². The predicted molar refractivity (Wildman–Crippen MR) is 130 cm³/mol. The van der Waals surface area contributed by atoms with E-state index in [1.165, 1.54) is 17.2 Å². The van der Waals surface area contributed by atoms with Crippen LogP contribution >= 0.6 is 0 Å². The smallest absolute Gasteiger partial charge is 0.378 e. The van der Waals surface area contributed by atoms with Gasteiger partial charge in [0.05, 0.1) is 49.1 Å². The molecule has 0 spiro atoms. The maximum absolute atomic E-state index is 15.5. The quantitative estimate of drug-likeness (QED) is 0.411. The van der Waals surface area contributed by atoms with E-state index in [0.29, 0.717) is 30.6 Å². The van der Waals surface area contributed by atoms with Crippen LogP contribution in [0.5, 0.6) is 0 Å². The van der Waals surface area contributed by atoms with Crippen LogP contribution in [0.25, 0.3) is 11.1 Å². The van der Waals surface area contributed by atoms with Gasteiger partial charge in [-0.3, -0.25) is 24.3 Å². The lowest BCUT2D eigenvalue weighted by atomic mass is 9.85. The van der Waals surface area contributed by atoms with Crippen LogP contribution in [0.4, 0.5) is 27.6 Å². The van der Waals surface area contributed by atoms with E-state index in [2.05, 4.69) is 25.4 Å². The van der Waals surface area contributed by atoms with Crippen LogP contribution in [-0.4, -0.2) is 76.1 Å². The van der Waals surface area contributed by atoms with E-state index in [9.17, 15) is 17.6 Å². The Morgan fingerprint density at radius 3 is 2.62 bits per heavy atom. The first kappa shape index (κ1) is 25.6. The first-order chi connectivity index (χ1) is 17.7. The molecule has 3 aromatic rings. The summed E-state index contributed by atoms with van der Waals surface area (Å²) in [7, 11) is 0. The van der Waals surface area contributed by atoms with Gasteiger partial charge in [-0.15, -0.1) is 0 Å². The molecule has 6 nitrogen and oxygen atoms in total. The number of H-pyrrole nitrogens is 1. The minimum Gasteiger partial charge on any atom is -0.378 e. The van der Waals surface area contributed by atoms with Gasteiger partial charge in [0.15, 0.2) is 0 Å². The molecule has 37 heavy (non-hydrogen) atoms. The van der Waals surface area contributed by atoms with Crippen LogP contribution in [-0.2, 0) is 6.42 Å². The van der Waals surface area contributed by atoms with Gasteiger partial charge in [0.1, 0.15) is 5.82 Å². The molecule has 0 radical (unpaired) electrons. The summed E-state index contributed by atoms with van der Waals surface area (Å²) in [6, 6.07) is 5.45. The molecule has 0 amide bonds. The summed E-state index contributed by atoms with van der Waals surface area (Å²) >= 11 is 0. The minimum atomic E-state index is -4.45. The Balaban J connectivity index is 1.43. The second kappa shape index (κ2) is 10.4. The van der Waals surface area contributed by atoms with Crippen molar-refractivity contribution in [1.29, 1.82) is 0 Å². The molecule has 4 heterocycles. The molecule has 1 saturated heterocycles. The summed E-state index contributed by atoms with van der Waals surface area (Å²) < 4.78 is 68.6. The number of alkyl halides is 4. The van der Waals surface area contributed by atoms with Crippen molar-refractivity contribution in [3.63, 3.8) is 0 Å². The molecule has 1 aromatic carbocycles. The summed E-state index contributed by atoms with van der Waals surface area (Å²) in [5.41, 5.74) is 3.67. The van der Waals surface area contributed by atoms with E-state index in [1.807, 2.05) is 12.1 Å². The first-order valence-corrected chi connectivity index (χ1v) is 12.4. The third-order valence-corrected chi connectivity index (χ3v) is 7.11. The lowest BCUT2D eigenvalue weighted by molar-refractivity contribution is -0.155. The molecule has 0 saturated carbocycles. The molecule has 0 unspecified atom stereocenters. The average Bonchev–Trinajstić information content (AvgIpc) is 3.35. The summed E-state index contributed by atoms with van der Waals surface area (Å²) in [4.78, 5) is 7.73. The Kier molecular flexibility index (Phi) is 7.17. The maximum atomic E-state index is 15.5. The van der Waals surface area contributed by atoms with E-state index in [1.54, 1.807) is 25.4 Å². The van der Waals surface area contributed by atoms with Crippen LogP contribution in [0, 0.1) is 5.82 Å². The fourth-order valence-electron chi connectivity index (χ4n) is 5.36. The van der Waals surface area contributed by atoms with Crippen molar-refractivity contribution in [2.75, 3.05) is 38.2 Å². The zero-order valence-corrected chi connectivity index (χ0v) is 20.4. The summed E-state index contributed by atoms with van der Waals surface area (Å²) in [5.74, 6) is -0.658. The Morgan fingerprint density at radius 1 is 1.14 bits per heavy atom. The number of benzene rings is 1. The normalized spacial score (nSPS) is 21.0. The molecule has 0 bridgehead atoms. The molecule has 2 N–H and O–H groups in total. The van der Waals surface area contributed by atoms with Crippen LogP contribution in [0.1, 0.15) is 36.2 Å². The monoisotopic (exact) mass is 520 g/mol. The molecule has 1 fully saturated rings. The van der Waals surface area contributed by atoms with Gasteiger partial charge in [0.2, 0.25) is 0 Å². The van der Waals surface area contributed by atoms with Gasteiger partial charge in [0.25, 0.3) is 0 Å². The highest BCUT2D eigenvalue weighted by atomic mass is 19.4. The number of halogens is 5. The van der Waals surface area contributed by atoms with Crippen molar-refractivity contribution in [3.8, 4) is 11.1 Å². The van der Waals surface area contributed by atoms with Crippen LogP contribution in [0.15, 0.2) is 42.9 Å². The third kappa shape index (κ3) is 5.62. The molecule has 11 heteroatoms. The molecular weight excluding hydrogens is 491 g/mol. The largest absolute Gasteiger partial charge is 0.401 e. The number of pyridine rings is 1. The third-order valence-electron chi connectivity index (χ3n) is 7.11. The van der Waals surface area contributed by atoms with E-state index < -0.39 is 30.6 Å². The van der Waals surface area contributed by atoms with Gasteiger partial charge in [0, 0.05) is 43.5 Å². The van der Waals surface area contributed by atoms with Crippen molar-refractivity contribution in [3.05, 3.63) is 65.5 Å². The summed E-state index contributed by atoms with van der Waals surface area (Å²) in [5, 5.41) is 9.95. The first-order valence-electron chi connectivity index (χ1n) is 12.4. The predicted octanol–water partition coefficient (Wildman–Crippen LogP) is 4.96. The van der Waals surface area contributed by atoms with E-state index in [0.717, 1.165) is 29.8 Å². The second-order valence-electron chi connectivity index (χ2n) is 9.88. The number of hydrogen-bond donors (Lipinski definition) is 2. The van der Waals surface area contributed by atoms with Gasteiger partial charge in [-0.25, -0.2) is 4.39 Å². The number of fused-ring (bicyclic) bond motifs is 1. The zero-order chi connectivity index (χ0) is 26.2. The number of anilines is 1. The number of hydrogen-bond acceptors (Lipinski definition) is 5. The number of aromatic amines is 1. The molecule has 198 valence electrons. The van der Waals surface area contributed by atoms with Crippen molar-refractivity contribution in [1.82, 2.24) is 25.0 Å². The fourth-order valence-corrected chi connectivity index (χ4v) is 5.36. The minimum absolute atomic E-state index is 0.0307.